The molecule has 0 saturated carbocycles. The van der Waals surface area contributed by atoms with Crippen LogP contribution < -0.4 is 0 Å². The predicted molar refractivity (Wildman–Crippen MR) is 145 cm³/mol. The first-order valence-corrected chi connectivity index (χ1v) is 13.3. The monoisotopic (exact) mass is 517 g/mol. The van der Waals surface area contributed by atoms with Crippen LogP contribution in [0.3, 0.4) is 0 Å². The Morgan fingerprint density at radius 2 is 1.58 bits per heavy atom. The Labute approximate surface area is 221 Å². The molecule has 7 nitrogen and oxygen atoms in total. The molecule has 2 aliphatic heterocycles. The highest BCUT2D eigenvalue weighted by Crippen LogP contribution is 2.32. The van der Waals surface area contributed by atoms with Crippen LogP contribution in [0.4, 0.5) is 8.78 Å². The normalized spacial score (nSPS) is 18.4. The SMILES string of the molecule is CN1CCC(n2cc(-c3cnc4cccc(-c5cc(F)c(CN6CCN(C)CC6)c(F)c5)c4n3)cn2)CC1. The van der Waals surface area contributed by atoms with Crippen molar-refractivity contribution in [2.45, 2.75) is 25.4 Å². The molecule has 4 aromatic rings. The van der Waals surface area contributed by atoms with Crippen molar-refractivity contribution < 1.29 is 8.78 Å². The number of likely N-dealkylation sites (N-methyl/N-ethyl adjacent to an activating group) is 1. The topological polar surface area (TPSA) is 53.3 Å². The summed E-state index contributed by atoms with van der Waals surface area (Å²) in [6, 6.07) is 8.78. The summed E-state index contributed by atoms with van der Waals surface area (Å²) in [6.45, 7) is 5.78. The second kappa shape index (κ2) is 10.5. The molecule has 0 unspecified atom stereocenters. The summed E-state index contributed by atoms with van der Waals surface area (Å²) in [7, 11) is 4.21. The van der Waals surface area contributed by atoms with E-state index in [4.69, 9.17) is 4.98 Å². The van der Waals surface area contributed by atoms with Crippen molar-refractivity contribution in [3.8, 4) is 22.4 Å². The van der Waals surface area contributed by atoms with E-state index in [-0.39, 0.29) is 12.1 Å². The molecule has 9 heteroatoms. The average molecular weight is 518 g/mol. The van der Waals surface area contributed by atoms with Gasteiger partial charge in [-0.05, 0) is 63.8 Å². The Morgan fingerprint density at radius 3 is 2.32 bits per heavy atom. The highest BCUT2D eigenvalue weighted by molar-refractivity contribution is 5.92. The average Bonchev–Trinajstić information content (AvgIpc) is 3.42. The Hall–Kier alpha value is -3.27. The zero-order chi connectivity index (χ0) is 26.2. The third kappa shape index (κ3) is 5.06. The fourth-order valence-corrected chi connectivity index (χ4v) is 5.47. The van der Waals surface area contributed by atoms with Crippen LogP contribution >= 0.6 is 0 Å². The number of hydrogen-bond donors (Lipinski definition) is 0. The fourth-order valence-electron chi connectivity index (χ4n) is 5.47. The molecule has 0 amide bonds. The lowest BCUT2D eigenvalue weighted by atomic mass is 10.0. The van der Waals surface area contributed by atoms with Crippen LogP contribution in [0.25, 0.3) is 33.4 Å². The molecule has 0 aliphatic carbocycles. The van der Waals surface area contributed by atoms with Crippen molar-refractivity contribution in [3.63, 3.8) is 0 Å². The van der Waals surface area contributed by atoms with Crippen LogP contribution in [0, 0.1) is 11.6 Å². The quantitative estimate of drug-likeness (QED) is 0.390. The number of piperidine rings is 1. The van der Waals surface area contributed by atoms with Crippen molar-refractivity contribution >= 4 is 11.0 Å². The summed E-state index contributed by atoms with van der Waals surface area (Å²) >= 11 is 0. The first-order valence-electron chi connectivity index (χ1n) is 13.3. The van der Waals surface area contributed by atoms with Crippen LogP contribution in [0.1, 0.15) is 24.4 Å². The summed E-state index contributed by atoms with van der Waals surface area (Å²) in [6.07, 6.45) is 7.72. The third-order valence-corrected chi connectivity index (χ3v) is 7.96. The molecule has 0 N–H and O–H groups in total. The van der Waals surface area contributed by atoms with E-state index >= 15 is 8.78 Å². The largest absolute Gasteiger partial charge is 0.306 e. The second-order valence-corrected chi connectivity index (χ2v) is 10.7. The zero-order valence-corrected chi connectivity index (χ0v) is 21.9. The molecule has 2 aliphatic rings. The van der Waals surface area contributed by atoms with Crippen LogP contribution in [-0.4, -0.2) is 87.8 Å². The number of rotatable bonds is 5. The Kier molecular flexibility index (Phi) is 6.90. The third-order valence-electron chi connectivity index (χ3n) is 7.96. The van der Waals surface area contributed by atoms with Gasteiger partial charge in [-0.15, -0.1) is 0 Å². The van der Waals surface area contributed by atoms with Gasteiger partial charge in [0.2, 0.25) is 0 Å². The van der Waals surface area contributed by atoms with Crippen LogP contribution in [-0.2, 0) is 6.54 Å². The van der Waals surface area contributed by atoms with Gasteiger partial charge in [0.15, 0.2) is 0 Å². The van der Waals surface area contributed by atoms with Crippen molar-refractivity contribution in [1.29, 1.82) is 0 Å². The number of likely N-dealkylation sites (tertiary alicyclic amines) is 1. The Balaban J connectivity index is 1.30. The first-order chi connectivity index (χ1) is 18.4. The maximum atomic E-state index is 15.2. The molecule has 38 heavy (non-hydrogen) atoms. The number of fused-ring (bicyclic) bond motifs is 1. The van der Waals surface area contributed by atoms with Gasteiger partial charge in [-0.2, -0.15) is 5.10 Å². The summed E-state index contributed by atoms with van der Waals surface area (Å²) in [4.78, 5) is 16.2. The van der Waals surface area contributed by atoms with E-state index in [0.717, 1.165) is 57.7 Å². The van der Waals surface area contributed by atoms with Gasteiger partial charge in [-0.25, -0.2) is 13.8 Å². The summed E-state index contributed by atoms with van der Waals surface area (Å²) < 4.78 is 32.5. The lowest BCUT2D eigenvalue weighted by molar-refractivity contribution is 0.145. The van der Waals surface area contributed by atoms with E-state index in [9.17, 15) is 0 Å². The predicted octanol–water partition coefficient (Wildman–Crippen LogP) is 4.45. The molecule has 0 spiro atoms. The van der Waals surface area contributed by atoms with Gasteiger partial charge in [0.25, 0.3) is 0 Å². The molecule has 0 radical (unpaired) electrons. The number of halogens is 2. The van der Waals surface area contributed by atoms with Crippen LogP contribution in [0.5, 0.6) is 0 Å². The van der Waals surface area contributed by atoms with E-state index < -0.39 is 11.6 Å². The van der Waals surface area contributed by atoms with E-state index in [0.29, 0.717) is 33.9 Å². The lowest BCUT2D eigenvalue weighted by Gasteiger charge is -2.32. The summed E-state index contributed by atoms with van der Waals surface area (Å²) in [5.41, 5.74) is 4.10. The molecule has 4 heterocycles. The standard InChI is InChI=1S/C29H33F2N7/c1-35-8-6-22(7-9-35)38-18-21(16-33-38)28-17-32-27-5-3-4-23(29(27)34-28)20-14-25(30)24(26(31)15-20)19-37-12-10-36(2)11-13-37/h3-5,14-18,22H,6-13,19H2,1-2H3. The smallest absolute Gasteiger partial charge is 0.131 e. The minimum Gasteiger partial charge on any atom is -0.306 e. The first kappa shape index (κ1) is 25.0. The number of nitrogens with zero attached hydrogens (tertiary/aromatic N) is 7. The molecule has 2 fully saturated rings. The molecule has 2 saturated heterocycles. The molecule has 0 bridgehead atoms. The molecule has 198 valence electrons. The molecule has 2 aromatic carbocycles. The molecule has 0 atom stereocenters. The number of hydrogen-bond acceptors (Lipinski definition) is 6. The number of para-hydroxylation sites is 1. The van der Waals surface area contributed by atoms with E-state index in [1.165, 1.54) is 12.1 Å². The van der Waals surface area contributed by atoms with Gasteiger partial charge < -0.3 is 9.80 Å². The van der Waals surface area contributed by atoms with Crippen molar-refractivity contribution in [2.75, 3.05) is 53.4 Å². The summed E-state index contributed by atoms with van der Waals surface area (Å²) in [5, 5.41) is 4.61. The fraction of sp³-hybridized carbons (Fsp3) is 0.414. The van der Waals surface area contributed by atoms with Gasteiger partial charge in [0, 0.05) is 55.6 Å². The van der Waals surface area contributed by atoms with E-state index in [1.807, 2.05) is 35.3 Å². The summed E-state index contributed by atoms with van der Waals surface area (Å²) in [5.74, 6) is -1.06. The molecule has 6 rings (SSSR count). The Bertz CT molecular complexity index is 1410. The minimum atomic E-state index is -0.528. The maximum Gasteiger partial charge on any atom is 0.131 e. The molecule has 2 aromatic heterocycles. The van der Waals surface area contributed by atoms with Gasteiger partial charge in [-0.3, -0.25) is 14.6 Å². The number of piperazine rings is 1. The molecular weight excluding hydrogens is 484 g/mol. The van der Waals surface area contributed by atoms with Crippen molar-refractivity contribution in [1.82, 2.24) is 34.4 Å². The lowest BCUT2D eigenvalue weighted by Crippen LogP contribution is -2.44. The van der Waals surface area contributed by atoms with Crippen LogP contribution in [0.15, 0.2) is 48.9 Å². The highest BCUT2D eigenvalue weighted by atomic mass is 19.1. The maximum absolute atomic E-state index is 15.2. The second-order valence-electron chi connectivity index (χ2n) is 10.7. The minimum absolute atomic E-state index is 0.117. The molecular formula is C29H33F2N7. The van der Waals surface area contributed by atoms with Crippen molar-refractivity contribution in [3.05, 3.63) is 66.1 Å². The van der Waals surface area contributed by atoms with E-state index in [2.05, 4.69) is 38.9 Å². The van der Waals surface area contributed by atoms with Gasteiger partial charge in [0.05, 0.1) is 35.2 Å². The van der Waals surface area contributed by atoms with Gasteiger partial charge >= 0.3 is 0 Å². The van der Waals surface area contributed by atoms with Crippen LogP contribution in [0.2, 0.25) is 0 Å². The van der Waals surface area contributed by atoms with Gasteiger partial charge in [-0.1, -0.05) is 12.1 Å². The van der Waals surface area contributed by atoms with E-state index in [1.54, 1.807) is 6.20 Å². The zero-order valence-electron chi connectivity index (χ0n) is 21.9. The Morgan fingerprint density at radius 1 is 0.868 bits per heavy atom. The highest BCUT2D eigenvalue weighted by Gasteiger charge is 2.21. The number of aromatic nitrogens is 4. The van der Waals surface area contributed by atoms with Crippen molar-refractivity contribution in [2.24, 2.45) is 0 Å². The van der Waals surface area contributed by atoms with Gasteiger partial charge in [0.1, 0.15) is 11.6 Å². The number of benzene rings is 2.